The van der Waals surface area contributed by atoms with Crippen LogP contribution >= 0.6 is 17.0 Å². The number of hydrogen-bond acceptors (Lipinski definition) is 5. The van der Waals surface area contributed by atoms with Gasteiger partial charge >= 0.3 is 0 Å². The Morgan fingerprint density at radius 2 is 1.47 bits per heavy atom. The zero-order valence-corrected chi connectivity index (χ0v) is 12.2. The molecule has 0 aliphatic heterocycles. The summed E-state index contributed by atoms with van der Waals surface area (Å²) in [6.45, 7) is 4.35. The predicted octanol–water partition coefficient (Wildman–Crippen LogP) is -2.08. The molecule has 0 aliphatic carbocycles. The summed E-state index contributed by atoms with van der Waals surface area (Å²) in [6.07, 6.45) is -0.940. The maximum absolute atomic E-state index is 9.50. The number of aliphatic hydroxyl groups excluding tert-OH is 1. The minimum Gasteiger partial charge on any atom is -0.550 e. The molecule has 0 saturated heterocycles. The van der Waals surface area contributed by atoms with Crippen molar-refractivity contribution in [2.24, 2.45) is 0 Å². The molecule has 0 atom stereocenters. The topological polar surface area (TPSA) is 100 Å². The minimum absolute atomic E-state index is 0. The molecule has 0 radical (unpaired) electrons. The summed E-state index contributed by atoms with van der Waals surface area (Å²) in [7, 11) is 4.21. The molecule has 0 bridgehead atoms. The summed E-state index contributed by atoms with van der Waals surface area (Å²) in [5, 5.41) is 27.5. The maximum atomic E-state index is 9.50. The van der Waals surface area contributed by atoms with Crippen LogP contribution in [0.1, 0.15) is 19.8 Å². The number of quaternary nitrogens is 1. The van der Waals surface area contributed by atoms with Gasteiger partial charge in [0.2, 0.25) is 0 Å². The Morgan fingerprint density at radius 1 is 1.12 bits per heavy atom. The summed E-state index contributed by atoms with van der Waals surface area (Å²) < 4.78 is 0.913. The molecule has 0 aliphatic rings. The van der Waals surface area contributed by atoms with Gasteiger partial charge in [-0.2, -0.15) is 0 Å². The van der Waals surface area contributed by atoms with Crippen LogP contribution in [0.25, 0.3) is 0 Å². The van der Waals surface area contributed by atoms with Gasteiger partial charge in [0, 0.05) is 11.9 Å². The number of carbonyl (C=O) groups is 2. The second-order valence-electron chi connectivity index (χ2n) is 3.94. The number of carboxylic acid groups (broad SMARTS) is 2. The zero-order valence-electron chi connectivity index (χ0n) is 10.5. The van der Waals surface area contributed by atoms with E-state index < -0.39 is 24.8 Å². The van der Waals surface area contributed by atoms with Crippen LogP contribution in [0.5, 0.6) is 0 Å². The third-order valence-electron chi connectivity index (χ3n) is 2.09. The second kappa shape index (κ2) is 11.8. The number of likely N-dealkylation sites (N-methyl/N-ethyl adjacent to an activating group) is 1. The molecular weight excluding hydrogens is 294 g/mol. The molecule has 0 fully saturated rings. The van der Waals surface area contributed by atoms with Crippen molar-refractivity contribution in [2.75, 3.05) is 33.8 Å². The van der Waals surface area contributed by atoms with Crippen LogP contribution < -0.4 is 10.2 Å². The molecule has 0 aromatic carbocycles. The fraction of sp³-hybridized carbons (Fsp3) is 0.800. The first-order valence-corrected chi connectivity index (χ1v) is 5.07. The van der Waals surface area contributed by atoms with Crippen LogP contribution in [0.4, 0.5) is 0 Å². The summed E-state index contributed by atoms with van der Waals surface area (Å²) in [4.78, 5) is 19.0. The van der Waals surface area contributed by atoms with Crippen LogP contribution in [0.2, 0.25) is 0 Å². The lowest BCUT2D eigenvalue weighted by molar-refractivity contribution is -0.888. The van der Waals surface area contributed by atoms with Crippen molar-refractivity contribution < 1.29 is 29.4 Å². The van der Waals surface area contributed by atoms with Gasteiger partial charge in [-0.15, -0.1) is 17.0 Å². The van der Waals surface area contributed by atoms with Crippen molar-refractivity contribution in [1.29, 1.82) is 0 Å². The van der Waals surface area contributed by atoms with Crippen LogP contribution in [-0.4, -0.2) is 55.3 Å². The number of nitrogens with zero attached hydrogens (tertiary/aromatic N) is 1. The quantitative estimate of drug-likeness (QED) is 0.567. The fourth-order valence-corrected chi connectivity index (χ4v) is 0.633. The smallest absolute Gasteiger partial charge is 0.102 e. The molecule has 7 heteroatoms. The lowest BCUT2D eigenvalue weighted by atomic mass is 10.3. The summed E-state index contributed by atoms with van der Waals surface area (Å²) in [6, 6.07) is 0. The van der Waals surface area contributed by atoms with Crippen molar-refractivity contribution >= 4 is 28.9 Å². The van der Waals surface area contributed by atoms with Crippen LogP contribution in [0.15, 0.2) is 0 Å². The van der Waals surface area contributed by atoms with Gasteiger partial charge < -0.3 is 29.4 Å². The molecule has 0 aromatic rings. The summed E-state index contributed by atoms with van der Waals surface area (Å²) in [5.74, 6) is -2.73. The molecule has 0 spiro atoms. The summed E-state index contributed by atoms with van der Waals surface area (Å²) >= 11 is 0. The average molecular weight is 315 g/mol. The van der Waals surface area contributed by atoms with Gasteiger partial charge in [-0.05, 0) is 19.8 Å². The van der Waals surface area contributed by atoms with E-state index in [2.05, 4.69) is 21.0 Å². The molecule has 6 nitrogen and oxygen atoms in total. The predicted molar refractivity (Wildman–Crippen MR) is 64.2 cm³/mol. The second-order valence-corrected chi connectivity index (χ2v) is 3.94. The van der Waals surface area contributed by atoms with Gasteiger partial charge in [-0.25, -0.2) is 0 Å². The first kappa shape index (κ1) is 21.6. The molecular formula is C10H21BrNO5-. The van der Waals surface area contributed by atoms with Crippen molar-refractivity contribution in [2.45, 2.75) is 19.8 Å². The highest BCUT2D eigenvalue weighted by Gasteiger charge is 2.08. The minimum atomic E-state index is -1.37. The van der Waals surface area contributed by atoms with Crippen LogP contribution in [-0.2, 0) is 9.59 Å². The lowest BCUT2D eigenvalue weighted by Crippen LogP contribution is -2.41. The van der Waals surface area contributed by atoms with Gasteiger partial charge in [0.1, 0.15) is 6.54 Å². The third kappa shape index (κ3) is 21.2. The van der Waals surface area contributed by atoms with E-state index in [0.717, 1.165) is 17.6 Å². The fourth-order valence-electron chi connectivity index (χ4n) is 0.633. The highest BCUT2D eigenvalue weighted by atomic mass is 79.9. The average Bonchev–Trinajstić information content (AvgIpc) is 2.16. The zero-order chi connectivity index (χ0) is 13.2. The number of carbonyl (C=O) groups excluding carboxylic acids is 2. The lowest BCUT2D eigenvalue weighted by Gasteiger charge is -2.26. The molecule has 17 heavy (non-hydrogen) atoms. The molecule has 1 N–H and O–H groups in total. The van der Waals surface area contributed by atoms with Crippen molar-refractivity contribution in [3.63, 3.8) is 0 Å². The molecule has 0 amide bonds. The number of carboxylic acids is 2. The first-order chi connectivity index (χ1) is 7.25. The number of rotatable bonds is 6. The third-order valence-corrected chi connectivity index (χ3v) is 2.09. The van der Waals surface area contributed by atoms with Gasteiger partial charge in [0.05, 0.1) is 27.2 Å². The van der Waals surface area contributed by atoms with E-state index in [0.29, 0.717) is 6.61 Å². The van der Waals surface area contributed by atoms with Crippen molar-refractivity contribution in [1.82, 2.24) is 0 Å². The SMILES string of the molecule is Br.CC[N+](C)(C)CCO.O=C([O-])CCC(=O)[O-]. The molecule has 0 aromatic heterocycles. The van der Waals surface area contributed by atoms with Gasteiger partial charge in [0.25, 0.3) is 0 Å². The normalized spacial score (nSPS) is 9.65. The van der Waals surface area contributed by atoms with E-state index in [9.17, 15) is 19.8 Å². The Bertz CT molecular complexity index is 207. The van der Waals surface area contributed by atoms with E-state index in [4.69, 9.17) is 5.11 Å². The van der Waals surface area contributed by atoms with Gasteiger partial charge in [-0.3, -0.25) is 0 Å². The molecule has 0 heterocycles. The Labute approximate surface area is 112 Å². The highest BCUT2D eigenvalue weighted by molar-refractivity contribution is 8.93. The maximum Gasteiger partial charge on any atom is 0.102 e. The van der Waals surface area contributed by atoms with E-state index in [1.54, 1.807) is 0 Å². The number of hydrogen-bond donors (Lipinski definition) is 1. The van der Waals surface area contributed by atoms with Crippen LogP contribution in [0.3, 0.4) is 0 Å². The standard InChI is InChI=1S/C6H16NO.C4H6O4.BrH/c1-4-7(2,3)5-6-8;5-3(6)1-2-4(7)8;/h8H,4-6H2,1-3H3;1-2H2,(H,5,6)(H,7,8);1H/q+1;;/p-2. The Morgan fingerprint density at radius 3 is 1.59 bits per heavy atom. The molecule has 0 unspecified atom stereocenters. The van der Waals surface area contributed by atoms with Crippen molar-refractivity contribution in [3.05, 3.63) is 0 Å². The van der Waals surface area contributed by atoms with Gasteiger partial charge in [0.15, 0.2) is 0 Å². The largest absolute Gasteiger partial charge is 0.550 e. The number of aliphatic hydroxyl groups is 1. The Balaban J connectivity index is -0.000000218. The molecule has 104 valence electrons. The van der Waals surface area contributed by atoms with E-state index >= 15 is 0 Å². The molecule has 0 saturated carbocycles. The number of aliphatic carboxylic acids is 2. The highest BCUT2D eigenvalue weighted by Crippen LogP contribution is 1.92. The first-order valence-electron chi connectivity index (χ1n) is 5.07. The van der Waals surface area contributed by atoms with E-state index in [1.807, 2.05) is 0 Å². The summed E-state index contributed by atoms with van der Waals surface area (Å²) in [5.41, 5.74) is 0. The molecule has 0 rings (SSSR count). The Hall–Kier alpha value is -0.660. The van der Waals surface area contributed by atoms with E-state index in [1.165, 1.54) is 0 Å². The van der Waals surface area contributed by atoms with Gasteiger partial charge in [-0.1, -0.05) is 0 Å². The monoisotopic (exact) mass is 314 g/mol. The van der Waals surface area contributed by atoms with Crippen molar-refractivity contribution in [3.8, 4) is 0 Å². The Kier molecular flexibility index (Phi) is 15.0. The van der Waals surface area contributed by atoms with Crippen LogP contribution in [0, 0.1) is 0 Å². The van der Waals surface area contributed by atoms with E-state index in [-0.39, 0.29) is 17.0 Å². The number of halogens is 1.